The van der Waals surface area contributed by atoms with Gasteiger partial charge in [-0.15, -0.1) is 0 Å². The minimum Gasteiger partial charge on any atom is -0.393 e. The predicted molar refractivity (Wildman–Crippen MR) is 55.1 cm³/mol. The predicted octanol–water partition coefficient (Wildman–Crippen LogP) is -0.227. The van der Waals surface area contributed by atoms with Crippen molar-refractivity contribution in [2.45, 2.75) is 25.4 Å². The third-order valence-electron chi connectivity index (χ3n) is 4.12. The number of carbonyl (C=O) groups excluding carboxylic acids is 2. The van der Waals surface area contributed by atoms with E-state index < -0.39 is 23.8 Å². The summed E-state index contributed by atoms with van der Waals surface area (Å²) in [6.07, 6.45) is -1.02. The van der Waals surface area contributed by atoms with Crippen molar-refractivity contribution in [1.82, 2.24) is 0 Å². The van der Waals surface area contributed by atoms with Gasteiger partial charge in [-0.1, -0.05) is 0 Å². The van der Waals surface area contributed by atoms with Crippen molar-refractivity contribution < 1.29 is 28.5 Å². The smallest absolute Gasteiger partial charge is 0.320 e. The Bertz CT molecular complexity index is 441. The van der Waals surface area contributed by atoms with Crippen LogP contribution in [-0.4, -0.2) is 43.7 Å². The molecular weight excluding hydrogens is 240 g/mol. The molecule has 2 saturated heterocycles. The summed E-state index contributed by atoms with van der Waals surface area (Å²) < 4.78 is 21.4. The van der Waals surface area contributed by atoms with E-state index in [2.05, 4.69) is 0 Å². The molecule has 0 N–H and O–H groups in total. The molecule has 4 aliphatic heterocycles. The molecule has 0 amide bonds. The molecule has 4 atom stereocenters. The average Bonchev–Trinajstić information content (AvgIpc) is 2.91. The molecule has 2 bridgehead atoms. The van der Waals surface area contributed by atoms with Crippen LogP contribution < -0.4 is 0 Å². The van der Waals surface area contributed by atoms with Crippen molar-refractivity contribution in [3.05, 3.63) is 11.1 Å². The molecule has 96 valence electrons. The van der Waals surface area contributed by atoms with Crippen LogP contribution in [0, 0.1) is 11.8 Å². The summed E-state index contributed by atoms with van der Waals surface area (Å²) in [5, 5.41) is 0. The monoisotopic (exact) mass is 252 g/mol. The molecule has 2 fully saturated rings. The fourth-order valence-electron chi connectivity index (χ4n) is 3.25. The lowest BCUT2D eigenvalue weighted by atomic mass is 9.77. The van der Waals surface area contributed by atoms with Crippen LogP contribution in [0.25, 0.3) is 0 Å². The summed E-state index contributed by atoms with van der Waals surface area (Å²) in [5.41, 5.74) is 1.91. The molecule has 6 heteroatoms. The molecule has 4 heterocycles. The van der Waals surface area contributed by atoms with E-state index in [1.165, 1.54) is 0 Å². The number of cyclic esters (lactones) is 2. The zero-order chi connectivity index (χ0) is 12.4. The molecule has 0 aromatic rings. The van der Waals surface area contributed by atoms with Crippen molar-refractivity contribution in [3.8, 4) is 0 Å². The quantitative estimate of drug-likeness (QED) is 0.337. The van der Waals surface area contributed by atoms with Crippen molar-refractivity contribution in [2.75, 3.05) is 13.2 Å². The number of ether oxygens (including phenoxy) is 4. The van der Waals surface area contributed by atoms with Crippen molar-refractivity contribution in [3.63, 3.8) is 0 Å². The summed E-state index contributed by atoms with van der Waals surface area (Å²) in [7, 11) is 0. The van der Waals surface area contributed by atoms with E-state index >= 15 is 0 Å². The van der Waals surface area contributed by atoms with Crippen LogP contribution in [0.1, 0.15) is 6.92 Å². The fourth-order valence-corrected chi connectivity index (χ4v) is 3.25. The van der Waals surface area contributed by atoms with Gasteiger partial charge in [-0.05, 0) is 18.1 Å². The molecule has 0 aromatic heterocycles. The molecule has 0 aromatic carbocycles. The Balaban J connectivity index is 1.73. The summed E-state index contributed by atoms with van der Waals surface area (Å²) in [6.45, 7) is 2.61. The lowest BCUT2D eigenvalue weighted by Gasteiger charge is -2.19. The van der Waals surface area contributed by atoms with Gasteiger partial charge in [0.25, 0.3) is 0 Å². The van der Waals surface area contributed by atoms with E-state index in [0.717, 1.165) is 11.1 Å². The second kappa shape index (κ2) is 3.40. The first kappa shape index (κ1) is 10.7. The van der Waals surface area contributed by atoms with Gasteiger partial charge in [0.1, 0.15) is 11.8 Å². The molecule has 4 rings (SSSR count). The second-order valence-corrected chi connectivity index (χ2v) is 5.01. The molecule has 4 aliphatic rings. The normalized spacial score (nSPS) is 45.9. The van der Waals surface area contributed by atoms with Gasteiger partial charge >= 0.3 is 11.9 Å². The standard InChI is InChI=1S/C12H12O6/c1-4-15-2-5-6(3-16-4)10-8-7(9(5)17-10)11(13)18-12(8)14/h4,7-10H,2-3H2,1H3. The summed E-state index contributed by atoms with van der Waals surface area (Å²) >= 11 is 0. The lowest BCUT2D eigenvalue weighted by molar-refractivity contribution is -0.157. The maximum absolute atomic E-state index is 11.7. The first-order chi connectivity index (χ1) is 8.66. The first-order valence-corrected chi connectivity index (χ1v) is 6.03. The number of esters is 2. The fraction of sp³-hybridized carbons (Fsp3) is 0.667. The zero-order valence-electron chi connectivity index (χ0n) is 9.75. The van der Waals surface area contributed by atoms with Crippen LogP contribution in [0.15, 0.2) is 11.1 Å². The molecule has 6 nitrogen and oxygen atoms in total. The molecule has 0 radical (unpaired) electrons. The summed E-state index contributed by atoms with van der Waals surface area (Å²) in [4.78, 5) is 23.3. The Kier molecular flexibility index (Phi) is 2.02. The van der Waals surface area contributed by atoms with Crippen LogP contribution in [0.3, 0.4) is 0 Å². The van der Waals surface area contributed by atoms with Crippen LogP contribution in [0.4, 0.5) is 0 Å². The van der Waals surface area contributed by atoms with E-state index in [4.69, 9.17) is 18.9 Å². The van der Waals surface area contributed by atoms with E-state index in [1.807, 2.05) is 6.92 Å². The van der Waals surface area contributed by atoms with Gasteiger partial charge in [0.05, 0.1) is 25.4 Å². The highest BCUT2D eigenvalue weighted by atomic mass is 16.7. The highest BCUT2D eigenvalue weighted by Crippen LogP contribution is 2.51. The van der Waals surface area contributed by atoms with Gasteiger partial charge < -0.3 is 18.9 Å². The van der Waals surface area contributed by atoms with Gasteiger partial charge in [-0.3, -0.25) is 9.59 Å². The Labute approximate surface area is 103 Å². The number of hydrogen-bond donors (Lipinski definition) is 0. The van der Waals surface area contributed by atoms with Crippen molar-refractivity contribution in [2.24, 2.45) is 11.8 Å². The van der Waals surface area contributed by atoms with Gasteiger partial charge in [-0.2, -0.15) is 0 Å². The molecule has 0 saturated carbocycles. The van der Waals surface area contributed by atoms with Crippen molar-refractivity contribution >= 4 is 11.9 Å². The highest BCUT2D eigenvalue weighted by Gasteiger charge is 2.64. The number of fused-ring (bicyclic) bond motifs is 7. The van der Waals surface area contributed by atoms with Gasteiger partial charge in [0, 0.05) is 0 Å². The minimum absolute atomic E-state index is 0.280. The van der Waals surface area contributed by atoms with E-state index in [1.54, 1.807) is 0 Å². The lowest BCUT2D eigenvalue weighted by Crippen LogP contribution is -2.33. The average molecular weight is 252 g/mol. The van der Waals surface area contributed by atoms with Crippen LogP contribution in [-0.2, 0) is 28.5 Å². The van der Waals surface area contributed by atoms with Gasteiger partial charge in [-0.25, -0.2) is 0 Å². The van der Waals surface area contributed by atoms with Crippen LogP contribution in [0.2, 0.25) is 0 Å². The van der Waals surface area contributed by atoms with Crippen molar-refractivity contribution in [1.29, 1.82) is 0 Å². The first-order valence-electron chi connectivity index (χ1n) is 6.03. The largest absolute Gasteiger partial charge is 0.393 e. The summed E-state index contributed by atoms with van der Waals surface area (Å²) in [5.74, 6) is -1.92. The van der Waals surface area contributed by atoms with Gasteiger partial charge in [0.2, 0.25) is 0 Å². The number of carbonyl (C=O) groups is 2. The number of rotatable bonds is 0. The molecule has 18 heavy (non-hydrogen) atoms. The SMILES string of the molecule is CC1OCC2=C(CO1)C1OC2C2C(=O)OC(=O)C12. The highest BCUT2D eigenvalue weighted by molar-refractivity contribution is 5.98. The Morgan fingerprint density at radius 1 is 0.944 bits per heavy atom. The molecule has 0 spiro atoms. The Morgan fingerprint density at radius 2 is 1.44 bits per heavy atom. The Hall–Kier alpha value is -1.24. The van der Waals surface area contributed by atoms with Gasteiger partial charge in [0.15, 0.2) is 6.29 Å². The molecule has 4 unspecified atom stereocenters. The number of hydrogen-bond acceptors (Lipinski definition) is 6. The maximum atomic E-state index is 11.7. The summed E-state index contributed by atoms with van der Waals surface area (Å²) in [6, 6.07) is 0. The van der Waals surface area contributed by atoms with Crippen LogP contribution >= 0.6 is 0 Å². The van der Waals surface area contributed by atoms with E-state index in [9.17, 15) is 9.59 Å². The third kappa shape index (κ3) is 1.18. The minimum atomic E-state index is -0.488. The van der Waals surface area contributed by atoms with E-state index in [-0.39, 0.29) is 18.5 Å². The second-order valence-electron chi connectivity index (χ2n) is 5.01. The zero-order valence-corrected chi connectivity index (χ0v) is 9.75. The Morgan fingerprint density at radius 3 is 1.94 bits per heavy atom. The molecular formula is C12H12O6. The van der Waals surface area contributed by atoms with Crippen LogP contribution in [0.5, 0.6) is 0 Å². The maximum Gasteiger partial charge on any atom is 0.320 e. The topological polar surface area (TPSA) is 71.1 Å². The third-order valence-corrected chi connectivity index (χ3v) is 4.12. The van der Waals surface area contributed by atoms with E-state index in [0.29, 0.717) is 13.2 Å². The molecule has 0 aliphatic carbocycles.